The predicted molar refractivity (Wildman–Crippen MR) is 60.6 cm³/mol. The fraction of sp³-hybridized carbons (Fsp3) is 0.417. The Morgan fingerprint density at radius 2 is 2.19 bits per heavy atom. The number of benzene rings is 1. The molecule has 4 heteroatoms. The van der Waals surface area contributed by atoms with Crippen molar-refractivity contribution in [1.82, 2.24) is 0 Å². The second-order valence-corrected chi connectivity index (χ2v) is 3.87. The summed E-state index contributed by atoms with van der Waals surface area (Å²) in [5, 5.41) is 2.85. The lowest BCUT2D eigenvalue weighted by Crippen LogP contribution is -2.19. The van der Waals surface area contributed by atoms with E-state index in [0.717, 1.165) is 17.9 Å². The maximum Gasteiger partial charge on any atom is 0.231 e. The number of amides is 1. The summed E-state index contributed by atoms with van der Waals surface area (Å²) in [6.07, 6.45) is 0.830. The molecule has 86 valence electrons. The molecule has 0 bridgehead atoms. The maximum atomic E-state index is 11.7. The molecule has 0 aliphatic carbocycles. The van der Waals surface area contributed by atoms with Crippen LogP contribution in [-0.4, -0.2) is 12.7 Å². The molecule has 1 aromatic carbocycles. The van der Waals surface area contributed by atoms with Crippen LogP contribution < -0.4 is 14.8 Å². The molecule has 1 atom stereocenters. The number of anilines is 1. The van der Waals surface area contributed by atoms with E-state index in [-0.39, 0.29) is 18.6 Å². The van der Waals surface area contributed by atoms with Crippen molar-refractivity contribution >= 4 is 11.6 Å². The van der Waals surface area contributed by atoms with Crippen LogP contribution in [0.3, 0.4) is 0 Å². The van der Waals surface area contributed by atoms with Gasteiger partial charge in [0.1, 0.15) is 0 Å². The lowest BCUT2D eigenvalue weighted by Gasteiger charge is -2.10. The zero-order chi connectivity index (χ0) is 11.5. The lowest BCUT2D eigenvalue weighted by atomic mass is 10.1. The second-order valence-electron chi connectivity index (χ2n) is 3.87. The first kappa shape index (κ1) is 10.8. The number of nitrogens with one attached hydrogen (secondary N) is 1. The average molecular weight is 221 g/mol. The van der Waals surface area contributed by atoms with E-state index in [1.165, 1.54) is 0 Å². The summed E-state index contributed by atoms with van der Waals surface area (Å²) in [5.74, 6) is 1.45. The molecule has 1 aliphatic heterocycles. The fourth-order valence-electron chi connectivity index (χ4n) is 1.43. The first-order chi connectivity index (χ1) is 7.70. The molecule has 1 aliphatic rings. The van der Waals surface area contributed by atoms with Crippen LogP contribution >= 0.6 is 0 Å². The summed E-state index contributed by atoms with van der Waals surface area (Å²) in [6.45, 7) is 4.14. The van der Waals surface area contributed by atoms with Crippen LogP contribution in [0.2, 0.25) is 0 Å². The molecule has 1 amide bonds. The summed E-state index contributed by atoms with van der Waals surface area (Å²) >= 11 is 0. The average Bonchev–Trinajstić information content (AvgIpc) is 2.75. The van der Waals surface area contributed by atoms with Crippen LogP contribution in [-0.2, 0) is 4.79 Å². The first-order valence-electron chi connectivity index (χ1n) is 5.41. The summed E-state index contributed by atoms with van der Waals surface area (Å²) < 4.78 is 10.4. The molecular formula is C12H15NO3. The number of rotatable bonds is 3. The Morgan fingerprint density at radius 3 is 2.94 bits per heavy atom. The third-order valence-corrected chi connectivity index (χ3v) is 2.70. The molecule has 1 heterocycles. The molecule has 0 saturated heterocycles. The van der Waals surface area contributed by atoms with E-state index in [2.05, 4.69) is 5.32 Å². The number of fused-ring (bicyclic) bond motifs is 1. The van der Waals surface area contributed by atoms with E-state index in [1.54, 1.807) is 12.1 Å². The Hall–Kier alpha value is -1.71. The number of hydrogen-bond acceptors (Lipinski definition) is 3. The molecule has 16 heavy (non-hydrogen) atoms. The van der Waals surface area contributed by atoms with E-state index in [4.69, 9.17) is 9.47 Å². The largest absolute Gasteiger partial charge is 0.454 e. The van der Waals surface area contributed by atoms with Gasteiger partial charge in [-0.15, -0.1) is 0 Å². The molecule has 1 N–H and O–H groups in total. The highest BCUT2D eigenvalue weighted by Crippen LogP contribution is 2.34. The molecule has 1 aromatic rings. The summed E-state index contributed by atoms with van der Waals surface area (Å²) in [5.41, 5.74) is 0.745. The van der Waals surface area contributed by atoms with E-state index in [9.17, 15) is 4.79 Å². The van der Waals surface area contributed by atoms with E-state index in [0.29, 0.717) is 5.75 Å². The standard InChI is InChI=1S/C12H15NO3/c1-3-8(2)12(14)13-9-4-5-10-11(6-9)16-7-15-10/h4-6,8H,3,7H2,1-2H3,(H,13,14). The molecular weight excluding hydrogens is 206 g/mol. The van der Waals surface area contributed by atoms with Crippen molar-refractivity contribution in [2.24, 2.45) is 5.92 Å². The van der Waals surface area contributed by atoms with Crippen molar-refractivity contribution in [3.05, 3.63) is 18.2 Å². The van der Waals surface area contributed by atoms with Crippen molar-refractivity contribution in [3.63, 3.8) is 0 Å². The Kier molecular flexibility index (Phi) is 2.99. The van der Waals surface area contributed by atoms with Gasteiger partial charge in [0.2, 0.25) is 12.7 Å². The third-order valence-electron chi connectivity index (χ3n) is 2.70. The molecule has 0 fully saturated rings. The highest BCUT2D eigenvalue weighted by Gasteiger charge is 2.15. The van der Waals surface area contributed by atoms with Gasteiger partial charge in [-0.3, -0.25) is 4.79 Å². The monoisotopic (exact) mass is 221 g/mol. The van der Waals surface area contributed by atoms with Gasteiger partial charge < -0.3 is 14.8 Å². The first-order valence-corrected chi connectivity index (χ1v) is 5.41. The van der Waals surface area contributed by atoms with Gasteiger partial charge in [0.05, 0.1) is 0 Å². The Bertz CT molecular complexity index is 403. The maximum absolute atomic E-state index is 11.7. The minimum Gasteiger partial charge on any atom is -0.454 e. The van der Waals surface area contributed by atoms with Gasteiger partial charge in [-0.2, -0.15) is 0 Å². The van der Waals surface area contributed by atoms with Gasteiger partial charge >= 0.3 is 0 Å². The molecule has 0 aromatic heterocycles. The van der Waals surface area contributed by atoms with Crippen LogP contribution in [0.25, 0.3) is 0 Å². The van der Waals surface area contributed by atoms with Crippen molar-refractivity contribution < 1.29 is 14.3 Å². The predicted octanol–water partition coefficient (Wildman–Crippen LogP) is 2.40. The van der Waals surface area contributed by atoms with Gasteiger partial charge in [0, 0.05) is 17.7 Å². The van der Waals surface area contributed by atoms with E-state index >= 15 is 0 Å². The van der Waals surface area contributed by atoms with Crippen molar-refractivity contribution in [3.8, 4) is 11.5 Å². The second kappa shape index (κ2) is 4.43. The van der Waals surface area contributed by atoms with Crippen LogP contribution in [0.5, 0.6) is 11.5 Å². The van der Waals surface area contributed by atoms with Crippen LogP contribution in [0.1, 0.15) is 20.3 Å². The Morgan fingerprint density at radius 1 is 1.44 bits per heavy atom. The van der Waals surface area contributed by atoms with Crippen LogP contribution in [0.15, 0.2) is 18.2 Å². The topological polar surface area (TPSA) is 47.6 Å². The molecule has 4 nitrogen and oxygen atoms in total. The normalized spacial score (nSPS) is 14.6. The zero-order valence-corrected chi connectivity index (χ0v) is 9.45. The number of ether oxygens (including phenoxy) is 2. The van der Waals surface area contributed by atoms with Crippen molar-refractivity contribution in [1.29, 1.82) is 0 Å². The summed E-state index contributed by atoms with van der Waals surface area (Å²) in [4.78, 5) is 11.7. The van der Waals surface area contributed by atoms with Crippen LogP contribution in [0, 0.1) is 5.92 Å². The van der Waals surface area contributed by atoms with Gasteiger partial charge in [-0.25, -0.2) is 0 Å². The van der Waals surface area contributed by atoms with Gasteiger partial charge in [0.15, 0.2) is 11.5 Å². The number of carbonyl (C=O) groups is 1. The highest BCUT2D eigenvalue weighted by atomic mass is 16.7. The molecule has 0 radical (unpaired) electrons. The number of hydrogen-bond donors (Lipinski definition) is 1. The summed E-state index contributed by atoms with van der Waals surface area (Å²) in [7, 11) is 0. The van der Waals surface area contributed by atoms with Crippen LogP contribution in [0.4, 0.5) is 5.69 Å². The SMILES string of the molecule is CCC(C)C(=O)Nc1ccc2c(c1)OCO2. The number of carbonyl (C=O) groups excluding carboxylic acids is 1. The highest BCUT2D eigenvalue weighted by molar-refractivity contribution is 5.92. The molecule has 0 spiro atoms. The van der Waals surface area contributed by atoms with E-state index in [1.807, 2.05) is 19.9 Å². The third kappa shape index (κ3) is 2.10. The van der Waals surface area contributed by atoms with Crippen molar-refractivity contribution in [2.45, 2.75) is 20.3 Å². The Balaban J connectivity index is 2.08. The fourth-order valence-corrected chi connectivity index (χ4v) is 1.43. The smallest absolute Gasteiger partial charge is 0.231 e. The van der Waals surface area contributed by atoms with Gasteiger partial charge in [-0.05, 0) is 18.6 Å². The summed E-state index contributed by atoms with van der Waals surface area (Å²) in [6, 6.07) is 5.39. The minimum atomic E-state index is 0.0189. The lowest BCUT2D eigenvalue weighted by molar-refractivity contribution is -0.119. The molecule has 0 saturated carbocycles. The minimum absolute atomic E-state index is 0.0189. The molecule has 2 rings (SSSR count). The van der Waals surface area contributed by atoms with Gasteiger partial charge in [-0.1, -0.05) is 13.8 Å². The van der Waals surface area contributed by atoms with E-state index < -0.39 is 0 Å². The Labute approximate surface area is 94.6 Å². The van der Waals surface area contributed by atoms with Crippen molar-refractivity contribution in [2.75, 3.05) is 12.1 Å². The molecule has 1 unspecified atom stereocenters. The quantitative estimate of drug-likeness (QED) is 0.852. The van der Waals surface area contributed by atoms with Gasteiger partial charge in [0.25, 0.3) is 0 Å². The zero-order valence-electron chi connectivity index (χ0n) is 9.45.